The van der Waals surface area contributed by atoms with Gasteiger partial charge in [-0.25, -0.2) is 0 Å². The van der Waals surface area contributed by atoms with Gasteiger partial charge in [-0.2, -0.15) is 0 Å². The summed E-state index contributed by atoms with van der Waals surface area (Å²) in [5, 5.41) is 3.16. The average molecular weight is 331 g/mol. The van der Waals surface area contributed by atoms with Crippen molar-refractivity contribution in [2.24, 2.45) is 0 Å². The first-order valence-electron chi connectivity index (χ1n) is 6.49. The third-order valence-corrected chi connectivity index (χ3v) is 3.84. The molecular formula is C16H15BrN2O. The Balaban J connectivity index is 2.15. The van der Waals surface area contributed by atoms with Crippen molar-refractivity contribution in [2.75, 3.05) is 16.8 Å². The van der Waals surface area contributed by atoms with E-state index in [1.165, 1.54) is 0 Å². The Hall–Kier alpha value is -1.81. The predicted octanol–water partition coefficient (Wildman–Crippen LogP) is 4.16. The third-order valence-electron chi connectivity index (χ3n) is 3.34. The third kappa shape index (κ3) is 2.31. The maximum absolute atomic E-state index is 12.3. The first-order valence-corrected chi connectivity index (χ1v) is 7.28. The van der Waals surface area contributed by atoms with Gasteiger partial charge in [-0.05, 0) is 55.3 Å². The molecule has 0 atom stereocenters. The van der Waals surface area contributed by atoms with Crippen LogP contribution in [0.15, 0.2) is 40.9 Å². The minimum atomic E-state index is 0.0600. The lowest BCUT2D eigenvalue weighted by molar-refractivity contribution is -0.116. The van der Waals surface area contributed by atoms with Crippen molar-refractivity contribution in [1.29, 1.82) is 0 Å². The average Bonchev–Trinajstić information content (AvgIpc) is 2.37. The number of hydrogen-bond acceptors (Lipinski definition) is 2. The molecule has 0 saturated heterocycles. The zero-order chi connectivity index (χ0) is 14.3. The minimum Gasteiger partial charge on any atom is -0.374 e. The van der Waals surface area contributed by atoms with E-state index in [2.05, 4.69) is 27.3 Å². The van der Waals surface area contributed by atoms with Crippen molar-refractivity contribution in [3.63, 3.8) is 0 Å². The molecule has 1 aliphatic heterocycles. The highest BCUT2D eigenvalue weighted by atomic mass is 79.9. The van der Waals surface area contributed by atoms with Gasteiger partial charge in [0.15, 0.2) is 0 Å². The number of carbonyl (C=O) groups is 1. The van der Waals surface area contributed by atoms with E-state index in [0.717, 1.165) is 32.7 Å². The van der Waals surface area contributed by atoms with E-state index in [4.69, 9.17) is 0 Å². The van der Waals surface area contributed by atoms with Crippen molar-refractivity contribution in [3.05, 3.63) is 52.0 Å². The molecule has 1 aliphatic rings. The van der Waals surface area contributed by atoms with E-state index in [9.17, 15) is 4.79 Å². The van der Waals surface area contributed by atoms with Crippen LogP contribution < -0.4 is 10.2 Å². The van der Waals surface area contributed by atoms with E-state index < -0.39 is 0 Å². The van der Waals surface area contributed by atoms with Crippen LogP contribution in [-0.4, -0.2) is 12.5 Å². The van der Waals surface area contributed by atoms with Crippen LogP contribution in [0.2, 0.25) is 0 Å². The second-order valence-corrected chi connectivity index (χ2v) is 6.01. The van der Waals surface area contributed by atoms with Gasteiger partial charge in [0.25, 0.3) is 5.91 Å². The molecule has 2 aromatic carbocycles. The van der Waals surface area contributed by atoms with Crippen LogP contribution in [0, 0.1) is 13.8 Å². The highest BCUT2D eigenvalue weighted by Gasteiger charge is 2.25. The summed E-state index contributed by atoms with van der Waals surface area (Å²) in [7, 11) is 0. The highest BCUT2D eigenvalue weighted by molar-refractivity contribution is 9.10. The molecule has 0 radical (unpaired) electrons. The molecule has 0 aromatic heterocycles. The monoisotopic (exact) mass is 330 g/mol. The van der Waals surface area contributed by atoms with Crippen molar-refractivity contribution < 1.29 is 4.79 Å². The summed E-state index contributed by atoms with van der Waals surface area (Å²) in [5.74, 6) is 0.0600. The Kier molecular flexibility index (Phi) is 3.26. The van der Waals surface area contributed by atoms with Gasteiger partial charge in [-0.3, -0.25) is 9.69 Å². The molecule has 0 unspecified atom stereocenters. The van der Waals surface area contributed by atoms with Gasteiger partial charge >= 0.3 is 0 Å². The van der Waals surface area contributed by atoms with Crippen molar-refractivity contribution in [3.8, 4) is 0 Å². The second-order valence-electron chi connectivity index (χ2n) is 5.09. The number of benzene rings is 2. The number of nitrogens with zero attached hydrogens (tertiary/aromatic N) is 1. The molecular weight excluding hydrogens is 316 g/mol. The van der Waals surface area contributed by atoms with Crippen LogP contribution in [0.5, 0.6) is 0 Å². The fraction of sp³-hybridized carbons (Fsp3) is 0.188. The Morgan fingerprint density at radius 2 is 1.80 bits per heavy atom. The zero-order valence-electron chi connectivity index (χ0n) is 11.4. The second kappa shape index (κ2) is 4.94. The number of amides is 1. The molecule has 0 fully saturated rings. The summed E-state index contributed by atoms with van der Waals surface area (Å²) >= 11 is 3.46. The van der Waals surface area contributed by atoms with E-state index in [0.29, 0.717) is 6.54 Å². The first kappa shape index (κ1) is 13.2. The number of fused-ring (bicyclic) bond motifs is 1. The molecule has 3 rings (SSSR count). The molecule has 4 heteroatoms. The molecule has 20 heavy (non-hydrogen) atoms. The van der Waals surface area contributed by atoms with Gasteiger partial charge in [-0.15, -0.1) is 0 Å². The topological polar surface area (TPSA) is 32.3 Å². The van der Waals surface area contributed by atoms with E-state index in [1.54, 1.807) is 4.90 Å². The van der Waals surface area contributed by atoms with E-state index in [1.807, 2.05) is 44.2 Å². The first-order chi connectivity index (χ1) is 9.54. The lowest BCUT2D eigenvalue weighted by atomic mass is 10.1. The molecule has 3 nitrogen and oxygen atoms in total. The van der Waals surface area contributed by atoms with E-state index >= 15 is 0 Å². The Morgan fingerprint density at radius 1 is 1.10 bits per heavy atom. The number of anilines is 3. The molecule has 102 valence electrons. The van der Waals surface area contributed by atoms with Gasteiger partial charge in [-0.1, -0.05) is 22.0 Å². The lowest BCUT2D eigenvalue weighted by Crippen LogP contribution is -2.36. The van der Waals surface area contributed by atoms with Gasteiger partial charge in [0.2, 0.25) is 0 Å². The van der Waals surface area contributed by atoms with E-state index in [-0.39, 0.29) is 5.91 Å². The summed E-state index contributed by atoms with van der Waals surface area (Å²) in [5.41, 5.74) is 5.11. The Bertz CT molecular complexity index is 677. The maximum atomic E-state index is 12.3. The predicted molar refractivity (Wildman–Crippen MR) is 85.7 cm³/mol. The van der Waals surface area contributed by atoms with Crippen LogP contribution in [0.3, 0.4) is 0 Å². The van der Waals surface area contributed by atoms with Crippen LogP contribution in [0.4, 0.5) is 17.1 Å². The Morgan fingerprint density at radius 3 is 2.50 bits per heavy atom. The van der Waals surface area contributed by atoms with Gasteiger partial charge in [0.05, 0.1) is 17.9 Å². The SMILES string of the molecule is Cc1cc(C)cc(N2C(=O)CNc3cc(Br)ccc32)c1. The number of carbonyl (C=O) groups excluding carboxylic acids is 1. The van der Waals surface area contributed by atoms with Crippen molar-refractivity contribution in [1.82, 2.24) is 0 Å². The van der Waals surface area contributed by atoms with Crippen molar-refractivity contribution in [2.45, 2.75) is 13.8 Å². The standard InChI is InChI=1S/C16H15BrN2O/c1-10-5-11(2)7-13(6-10)19-15-4-3-12(17)8-14(15)18-9-16(19)20/h3-8,18H,9H2,1-2H3. The summed E-state index contributed by atoms with van der Waals surface area (Å²) in [6.07, 6.45) is 0. The normalized spacial score (nSPS) is 13.9. The number of halogens is 1. The smallest absolute Gasteiger partial charge is 0.250 e. The number of rotatable bonds is 1. The molecule has 0 spiro atoms. The van der Waals surface area contributed by atoms with Gasteiger partial charge in [0, 0.05) is 10.2 Å². The summed E-state index contributed by atoms with van der Waals surface area (Å²) < 4.78 is 0.999. The maximum Gasteiger partial charge on any atom is 0.250 e. The minimum absolute atomic E-state index is 0.0600. The molecule has 1 amide bonds. The summed E-state index contributed by atoms with van der Waals surface area (Å²) in [4.78, 5) is 14.1. The van der Waals surface area contributed by atoms with Gasteiger partial charge in [0.1, 0.15) is 0 Å². The number of aryl methyl sites for hydroxylation is 2. The quantitative estimate of drug-likeness (QED) is 0.851. The summed E-state index contributed by atoms with van der Waals surface area (Å²) in [6, 6.07) is 12.1. The van der Waals surface area contributed by atoms with Gasteiger partial charge < -0.3 is 5.32 Å². The fourth-order valence-electron chi connectivity index (χ4n) is 2.59. The summed E-state index contributed by atoms with van der Waals surface area (Å²) in [6.45, 7) is 4.41. The molecule has 0 saturated carbocycles. The Labute approximate surface area is 126 Å². The highest BCUT2D eigenvalue weighted by Crippen LogP contribution is 2.37. The number of nitrogens with one attached hydrogen (secondary N) is 1. The van der Waals surface area contributed by atoms with Crippen molar-refractivity contribution >= 4 is 38.9 Å². The zero-order valence-corrected chi connectivity index (χ0v) is 13.0. The molecule has 1 heterocycles. The molecule has 0 aliphatic carbocycles. The number of hydrogen-bond donors (Lipinski definition) is 1. The van der Waals surface area contributed by atoms with Crippen LogP contribution in [0.25, 0.3) is 0 Å². The molecule has 1 N–H and O–H groups in total. The largest absolute Gasteiger partial charge is 0.374 e. The van der Waals surface area contributed by atoms with Crippen LogP contribution in [0.1, 0.15) is 11.1 Å². The molecule has 0 bridgehead atoms. The molecule has 2 aromatic rings. The lowest BCUT2D eigenvalue weighted by Gasteiger charge is -2.30. The van der Waals surface area contributed by atoms with Crippen LogP contribution >= 0.6 is 15.9 Å². The fourth-order valence-corrected chi connectivity index (χ4v) is 2.95. The van der Waals surface area contributed by atoms with Crippen LogP contribution in [-0.2, 0) is 4.79 Å².